The van der Waals surface area contributed by atoms with E-state index < -0.39 is 5.67 Å². The molecule has 0 amide bonds. The second-order valence-corrected chi connectivity index (χ2v) is 5.42. The first kappa shape index (κ1) is 13.6. The average molecular weight is 318 g/mol. The van der Waals surface area contributed by atoms with Gasteiger partial charge in [0.05, 0.1) is 14.2 Å². The van der Waals surface area contributed by atoms with E-state index >= 15 is 0 Å². The molecule has 2 atom stereocenters. The normalized spacial score (nSPS) is 27.3. The molecular weight excluding hydrogens is 301 g/mol. The van der Waals surface area contributed by atoms with Gasteiger partial charge in [-0.25, -0.2) is 4.39 Å². The number of methoxy groups -OCH3 is 2. The van der Waals surface area contributed by atoms with Crippen LogP contribution in [-0.4, -0.2) is 20.3 Å². The van der Waals surface area contributed by atoms with E-state index in [1.165, 1.54) is 7.11 Å². The minimum atomic E-state index is -1.40. The first-order valence-corrected chi connectivity index (χ1v) is 6.66. The summed E-state index contributed by atoms with van der Waals surface area (Å²) >= 11 is 3.39. The number of hydrogen-bond donors (Lipinski definition) is 1. The molecule has 3 nitrogen and oxygen atoms in total. The van der Waals surface area contributed by atoms with Crippen LogP contribution in [0, 0.1) is 0 Å². The number of halogens is 2. The van der Waals surface area contributed by atoms with Crippen LogP contribution in [0.25, 0.3) is 0 Å². The lowest BCUT2D eigenvalue weighted by Gasteiger charge is -2.24. The maximum atomic E-state index is 14.9. The second-order valence-electron chi connectivity index (χ2n) is 4.63. The molecule has 2 N–H and O–H groups in total. The highest BCUT2D eigenvalue weighted by molar-refractivity contribution is 9.10. The summed E-state index contributed by atoms with van der Waals surface area (Å²) in [6, 6.07) is 3.38. The van der Waals surface area contributed by atoms with Crippen molar-refractivity contribution in [2.24, 2.45) is 5.73 Å². The van der Waals surface area contributed by atoms with Crippen LogP contribution in [0.1, 0.15) is 24.8 Å². The van der Waals surface area contributed by atoms with E-state index in [4.69, 9.17) is 15.2 Å². The van der Waals surface area contributed by atoms with Crippen LogP contribution in [0.4, 0.5) is 4.39 Å². The molecule has 0 aliphatic heterocycles. The molecule has 1 aliphatic rings. The Hall–Kier alpha value is -0.810. The highest BCUT2D eigenvalue weighted by Gasteiger charge is 2.42. The molecular formula is C13H17BrFNO2. The smallest absolute Gasteiger partial charge is 0.143 e. The third-order valence-electron chi connectivity index (χ3n) is 3.47. The molecule has 5 heteroatoms. The number of hydrogen-bond acceptors (Lipinski definition) is 3. The molecule has 18 heavy (non-hydrogen) atoms. The predicted molar refractivity (Wildman–Crippen MR) is 71.9 cm³/mol. The Balaban J connectivity index is 2.48. The van der Waals surface area contributed by atoms with Crippen LogP contribution >= 0.6 is 15.9 Å². The summed E-state index contributed by atoms with van der Waals surface area (Å²) in [4.78, 5) is 0. The molecule has 1 saturated carbocycles. The Morgan fingerprint density at radius 1 is 1.39 bits per heavy atom. The molecule has 0 heterocycles. The Morgan fingerprint density at radius 2 is 2.11 bits per heavy atom. The SMILES string of the molecule is COc1ccc(C2(F)CCC(N)C2)c(OC)c1Br. The first-order valence-electron chi connectivity index (χ1n) is 5.87. The third-order valence-corrected chi connectivity index (χ3v) is 4.22. The Labute approximate surface area is 115 Å². The molecule has 1 fully saturated rings. The van der Waals surface area contributed by atoms with E-state index in [-0.39, 0.29) is 6.04 Å². The van der Waals surface area contributed by atoms with Gasteiger partial charge in [-0.15, -0.1) is 0 Å². The van der Waals surface area contributed by atoms with E-state index in [0.29, 0.717) is 40.8 Å². The summed E-state index contributed by atoms with van der Waals surface area (Å²) in [5, 5.41) is 0. The number of ether oxygens (including phenoxy) is 2. The lowest BCUT2D eigenvalue weighted by atomic mass is 9.93. The standard InChI is InChI=1S/C13H17BrFNO2/c1-17-10-4-3-9(12(18-2)11(10)14)13(15)6-5-8(16)7-13/h3-4,8H,5-7,16H2,1-2H3. The van der Waals surface area contributed by atoms with Crippen molar-refractivity contribution in [3.8, 4) is 11.5 Å². The predicted octanol–water partition coefficient (Wildman–Crippen LogP) is 3.14. The molecule has 0 bridgehead atoms. The Morgan fingerprint density at radius 3 is 2.61 bits per heavy atom. The Kier molecular flexibility index (Phi) is 3.82. The molecule has 0 radical (unpaired) electrons. The van der Waals surface area contributed by atoms with E-state index in [9.17, 15) is 4.39 Å². The molecule has 0 saturated heterocycles. The van der Waals surface area contributed by atoms with Crippen molar-refractivity contribution < 1.29 is 13.9 Å². The molecule has 100 valence electrons. The fourth-order valence-electron chi connectivity index (χ4n) is 2.53. The molecule has 2 rings (SSSR count). The van der Waals surface area contributed by atoms with Gasteiger partial charge in [-0.1, -0.05) is 0 Å². The van der Waals surface area contributed by atoms with Crippen molar-refractivity contribution in [2.75, 3.05) is 14.2 Å². The molecule has 2 unspecified atom stereocenters. The lowest BCUT2D eigenvalue weighted by molar-refractivity contribution is 0.166. The monoisotopic (exact) mass is 317 g/mol. The van der Waals surface area contributed by atoms with Crippen LogP contribution in [0.5, 0.6) is 11.5 Å². The van der Waals surface area contributed by atoms with E-state index in [2.05, 4.69) is 15.9 Å². The zero-order valence-corrected chi connectivity index (χ0v) is 12.1. The van der Waals surface area contributed by atoms with Gasteiger partial charge in [0.2, 0.25) is 0 Å². The summed E-state index contributed by atoms with van der Waals surface area (Å²) in [5.41, 5.74) is 4.96. The van der Waals surface area contributed by atoms with Crippen LogP contribution in [0.2, 0.25) is 0 Å². The summed E-state index contributed by atoms with van der Waals surface area (Å²) in [5.74, 6) is 1.12. The summed E-state index contributed by atoms with van der Waals surface area (Å²) in [6.07, 6.45) is 1.47. The van der Waals surface area contributed by atoms with Crippen molar-refractivity contribution in [1.29, 1.82) is 0 Å². The lowest BCUT2D eigenvalue weighted by Crippen LogP contribution is -2.22. The maximum absolute atomic E-state index is 14.9. The molecule has 1 aliphatic carbocycles. The van der Waals surface area contributed by atoms with Gasteiger partial charge >= 0.3 is 0 Å². The van der Waals surface area contributed by atoms with Crippen LogP contribution in [0.3, 0.4) is 0 Å². The quantitative estimate of drug-likeness (QED) is 0.931. The summed E-state index contributed by atoms with van der Waals surface area (Å²) < 4.78 is 26.1. The van der Waals surface area contributed by atoms with E-state index in [1.807, 2.05) is 0 Å². The fourth-order valence-corrected chi connectivity index (χ4v) is 3.20. The van der Waals surface area contributed by atoms with Crippen molar-refractivity contribution >= 4 is 15.9 Å². The summed E-state index contributed by atoms with van der Waals surface area (Å²) in [7, 11) is 3.09. The Bertz CT molecular complexity index is 455. The minimum absolute atomic E-state index is 0.0828. The molecule has 0 spiro atoms. The molecule has 1 aromatic carbocycles. The van der Waals surface area contributed by atoms with Gasteiger partial charge < -0.3 is 15.2 Å². The summed E-state index contributed by atoms with van der Waals surface area (Å²) in [6.45, 7) is 0. The van der Waals surface area contributed by atoms with Crippen LogP contribution in [0.15, 0.2) is 16.6 Å². The minimum Gasteiger partial charge on any atom is -0.495 e. The molecule has 0 aromatic heterocycles. The van der Waals surface area contributed by atoms with Gasteiger partial charge in [0.1, 0.15) is 21.6 Å². The van der Waals surface area contributed by atoms with Gasteiger partial charge in [0.25, 0.3) is 0 Å². The van der Waals surface area contributed by atoms with E-state index in [0.717, 1.165) is 0 Å². The van der Waals surface area contributed by atoms with Gasteiger partial charge in [0.15, 0.2) is 0 Å². The third kappa shape index (κ3) is 2.21. The van der Waals surface area contributed by atoms with Gasteiger partial charge in [0, 0.05) is 18.0 Å². The van der Waals surface area contributed by atoms with Crippen molar-refractivity contribution in [2.45, 2.75) is 31.0 Å². The largest absolute Gasteiger partial charge is 0.495 e. The van der Waals surface area contributed by atoms with Crippen LogP contribution < -0.4 is 15.2 Å². The maximum Gasteiger partial charge on any atom is 0.143 e. The van der Waals surface area contributed by atoms with Crippen molar-refractivity contribution in [3.63, 3.8) is 0 Å². The first-order chi connectivity index (χ1) is 8.51. The number of alkyl halides is 1. The highest BCUT2D eigenvalue weighted by atomic mass is 79.9. The topological polar surface area (TPSA) is 44.5 Å². The zero-order valence-electron chi connectivity index (χ0n) is 10.5. The fraction of sp³-hybridized carbons (Fsp3) is 0.538. The second kappa shape index (κ2) is 5.05. The number of benzene rings is 1. The van der Waals surface area contributed by atoms with Gasteiger partial charge in [-0.05, 0) is 40.9 Å². The van der Waals surface area contributed by atoms with Gasteiger partial charge in [-0.3, -0.25) is 0 Å². The number of nitrogens with two attached hydrogens (primary N) is 1. The zero-order chi connectivity index (χ0) is 13.3. The molecule has 1 aromatic rings. The highest BCUT2D eigenvalue weighted by Crippen LogP contribution is 2.49. The van der Waals surface area contributed by atoms with Crippen LogP contribution in [-0.2, 0) is 5.67 Å². The van der Waals surface area contributed by atoms with E-state index in [1.54, 1.807) is 19.2 Å². The van der Waals surface area contributed by atoms with Gasteiger partial charge in [-0.2, -0.15) is 0 Å². The number of rotatable bonds is 3. The van der Waals surface area contributed by atoms with Crippen molar-refractivity contribution in [1.82, 2.24) is 0 Å². The average Bonchev–Trinajstić information content (AvgIpc) is 2.70. The van der Waals surface area contributed by atoms with Crippen molar-refractivity contribution in [3.05, 3.63) is 22.2 Å².